The van der Waals surface area contributed by atoms with Gasteiger partial charge in [0.25, 0.3) is 0 Å². The molecule has 0 saturated heterocycles. The second-order valence-corrected chi connectivity index (χ2v) is 0. The number of hydrogen-bond donors (Lipinski definition) is 0. The van der Waals surface area contributed by atoms with E-state index in [0.717, 1.165) is 0 Å². The van der Waals surface area contributed by atoms with Crippen LogP contribution in [-0.4, -0.2) is 0 Å². The Hall–Kier alpha value is 0.688. The Morgan fingerprint density at radius 2 is 1.75 bits per heavy atom. The zero-order valence-electron chi connectivity index (χ0n) is 3.82. The van der Waals surface area contributed by atoms with Crippen LogP contribution in [0.2, 0.25) is 0 Å². The van der Waals surface area contributed by atoms with Crippen molar-refractivity contribution in [3.63, 3.8) is 0 Å². The summed E-state index contributed by atoms with van der Waals surface area (Å²) < 4.78 is 5.50. The molecule has 0 amide bonds. The maximum Gasteiger partial charge on any atom is 2.00 e. The van der Waals surface area contributed by atoms with Crippen molar-refractivity contribution < 1.29 is 22.4 Å². The first-order valence-corrected chi connectivity index (χ1v) is 0.707. The van der Waals surface area contributed by atoms with Crippen LogP contribution in [0.1, 0.15) is 8.29 Å². The van der Waals surface area contributed by atoms with Crippen LogP contribution in [-0.2, 0) is 21.1 Å². The van der Waals surface area contributed by atoms with E-state index in [1.165, 1.54) is 0 Å². The summed E-state index contributed by atoms with van der Waals surface area (Å²) in [5.74, 6) is 0. The zero-order valence-corrected chi connectivity index (χ0v) is 5.76. The summed E-state index contributed by atoms with van der Waals surface area (Å²) in [4.78, 5) is 0. The summed E-state index contributed by atoms with van der Waals surface area (Å²) in [7, 11) is 2.50. The van der Waals surface area contributed by atoms with Gasteiger partial charge in [0.05, 0.1) is 0 Å². The van der Waals surface area contributed by atoms with E-state index in [4.69, 9.17) is 1.37 Å². The van der Waals surface area contributed by atoms with Gasteiger partial charge in [0.1, 0.15) is 0 Å². The van der Waals surface area contributed by atoms with Gasteiger partial charge in [-0.15, -0.1) is 0 Å². The van der Waals surface area contributed by atoms with E-state index in [9.17, 15) is 0 Å². The molecule has 0 atom stereocenters. The summed E-state index contributed by atoms with van der Waals surface area (Å²) in [5, 5.41) is 0. The third-order valence-electron chi connectivity index (χ3n) is 0. The predicted octanol–water partition coefficient (Wildman–Crippen LogP) is 1.29. The normalized spacial score (nSPS) is 3.25. The van der Waals surface area contributed by atoms with Gasteiger partial charge in [-0.25, -0.2) is 1.37 Å². The minimum atomic E-state index is 0. The maximum absolute atomic E-state index is 5.50. The molecule has 26 valence electrons. The van der Waals surface area contributed by atoms with E-state index in [1.807, 2.05) is 0 Å². The van der Waals surface area contributed by atoms with Crippen LogP contribution >= 0.6 is 0 Å². The van der Waals surface area contributed by atoms with Crippen LogP contribution in [0.15, 0.2) is 0 Å². The van der Waals surface area contributed by atoms with Crippen LogP contribution < -0.4 is 0 Å². The molecule has 0 aromatic rings. The van der Waals surface area contributed by atoms with Gasteiger partial charge in [-0.3, -0.25) is 0 Å². The van der Waals surface area contributed by atoms with Crippen molar-refractivity contribution in [2.24, 2.45) is 0 Å². The second kappa shape index (κ2) is 56.3. The average molecular weight is 229 g/mol. The van der Waals surface area contributed by atoms with Gasteiger partial charge in [0.2, 0.25) is 0 Å². The van der Waals surface area contributed by atoms with Gasteiger partial charge in [-0.05, 0) is 0 Å². The van der Waals surface area contributed by atoms with Crippen LogP contribution in [0.5, 0.6) is 0 Å². The smallest absolute Gasteiger partial charge is 0.358 e. The molecule has 0 bridgehead atoms. The third-order valence-corrected chi connectivity index (χ3v) is 0. The summed E-state index contributed by atoms with van der Waals surface area (Å²) in [6.07, 6.45) is 0. The molecule has 0 rings (SSSR count). The van der Waals surface area contributed by atoms with E-state index in [-0.39, 0.29) is 21.1 Å². The number of rotatable bonds is 0. The molecule has 1 heteroatoms. The summed E-state index contributed by atoms with van der Waals surface area (Å²) in [6, 6.07) is 0. The standard InChI is InChI=1S/C2H5.CH3.W/c1-2;;/h1H2,2H3;1H3;/q2*-1;+2/i;1D;. The molecule has 0 nitrogen and oxygen atoms in total. The number of hydrogen-bond acceptors (Lipinski definition) is 0. The predicted molar refractivity (Wildman–Crippen MR) is 17.4 cm³/mol. The topological polar surface area (TPSA) is 0 Å². The van der Waals surface area contributed by atoms with Crippen LogP contribution in [0.3, 0.4) is 0 Å². The van der Waals surface area contributed by atoms with E-state index < -0.39 is 0 Å². The first-order valence-electron chi connectivity index (χ1n) is 1.41. The Labute approximate surface area is 44.3 Å². The SMILES string of the molecule is [2H][CH2-].[CH2-]C.[W+2]. The van der Waals surface area contributed by atoms with Gasteiger partial charge in [0, 0.05) is 0 Å². The van der Waals surface area contributed by atoms with E-state index in [0.29, 0.717) is 0 Å². The van der Waals surface area contributed by atoms with Gasteiger partial charge in [0.15, 0.2) is 0 Å². The van der Waals surface area contributed by atoms with Gasteiger partial charge >= 0.3 is 21.1 Å². The van der Waals surface area contributed by atoms with Crippen LogP contribution in [0.4, 0.5) is 0 Å². The summed E-state index contributed by atoms with van der Waals surface area (Å²) >= 11 is 0. The Kier molecular flexibility index (Phi) is 124. The molecular formula is C3H8W. The van der Waals surface area contributed by atoms with Crippen LogP contribution in [0, 0.1) is 14.3 Å². The molecule has 0 aromatic carbocycles. The molecule has 0 saturated carbocycles. The molecule has 0 radical (unpaired) electrons. The first kappa shape index (κ1) is 8.82. The largest absolute Gasteiger partial charge is 2.00 e. The van der Waals surface area contributed by atoms with Crippen molar-refractivity contribution in [1.29, 1.82) is 0 Å². The minimum absolute atomic E-state index is 0. The molecular weight excluding hydrogens is 220 g/mol. The molecule has 0 aliphatic rings. The van der Waals surface area contributed by atoms with Gasteiger partial charge in [-0.1, -0.05) is 0 Å². The molecule has 0 unspecified atom stereocenters. The monoisotopic (exact) mass is 229 g/mol. The first-order chi connectivity index (χ1) is 2.00. The average Bonchev–Trinajstić information content (AvgIpc) is 1.50. The van der Waals surface area contributed by atoms with Crippen molar-refractivity contribution in [2.45, 2.75) is 6.92 Å². The fraction of sp³-hybridized carbons (Fsp3) is 0.333. The fourth-order valence-corrected chi connectivity index (χ4v) is 0. The summed E-state index contributed by atoms with van der Waals surface area (Å²) in [6.45, 7) is 5.00. The molecule has 0 aromatic heterocycles. The van der Waals surface area contributed by atoms with Crippen molar-refractivity contribution >= 4 is 0 Å². The van der Waals surface area contributed by atoms with E-state index in [2.05, 4.69) is 14.3 Å². The molecule has 0 spiro atoms. The Morgan fingerprint density at radius 3 is 1.75 bits per heavy atom. The van der Waals surface area contributed by atoms with Crippen molar-refractivity contribution in [3.05, 3.63) is 14.3 Å². The Bertz CT molecular complexity index is 6.85. The quantitative estimate of drug-likeness (QED) is 0.549. The Morgan fingerprint density at radius 1 is 1.75 bits per heavy atom. The van der Waals surface area contributed by atoms with Crippen molar-refractivity contribution in [2.75, 3.05) is 0 Å². The molecule has 0 heterocycles. The van der Waals surface area contributed by atoms with Crippen molar-refractivity contribution in [3.8, 4) is 0 Å². The van der Waals surface area contributed by atoms with Gasteiger partial charge < -0.3 is 14.3 Å². The zero-order chi connectivity index (χ0) is 4.00. The van der Waals surface area contributed by atoms with Crippen LogP contribution in [0.25, 0.3) is 0 Å². The maximum atomic E-state index is 5.50. The minimum Gasteiger partial charge on any atom is -0.358 e. The molecule has 4 heavy (non-hydrogen) atoms. The molecule has 0 aliphatic carbocycles. The fourth-order valence-electron chi connectivity index (χ4n) is 0. The van der Waals surface area contributed by atoms with Gasteiger partial charge in [-0.2, -0.15) is 6.92 Å². The summed E-state index contributed by atoms with van der Waals surface area (Å²) in [5.41, 5.74) is 0. The molecule has 0 aliphatic heterocycles. The van der Waals surface area contributed by atoms with E-state index in [1.54, 1.807) is 6.92 Å². The molecule has 0 N–H and O–H groups in total. The third kappa shape index (κ3) is 16.2. The Balaban J connectivity index is -0.0000000133. The van der Waals surface area contributed by atoms with Crippen molar-refractivity contribution in [1.82, 2.24) is 0 Å². The molecule has 0 fully saturated rings. The second-order valence-electron chi connectivity index (χ2n) is 0. The van der Waals surface area contributed by atoms with E-state index >= 15 is 0 Å².